The molecule has 0 aliphatic carbocycles. The van der Waals surface area contributed by atoms with Gasteiger partial charge in [-0.1, -0.05) is 24.3 Å². The lowest BCUT2D eigenvalue weighted by Crippen LogP contribution is -2.27. The zero-order chi connectivity index (χ0) is 12.1. The van der Waals surface area contributed by atoms with Crippen LogP contribution in [0.3, 0.4) is 0 Å². The Kier molecular flexibility index (Phi) is 3.42. The Labute approximate surface area is 98.5 Å². The topological polar surface area (TPSA) is 73.6 Å². The molecule has 1 aliphatic rings. The molecule has 17 heavy (non-hydrogen) atoms. The van der Waals surface area contributed by atoms with E-state index in [1.54, 1.807) is 12.2 Å². The van der Waals surface area contributed by atoms with Gasteiger partial charge < -0.3 is 9.47 Å². The molecule has 1 amide bonds. The van der Waals surface area contributed by atoms with Gasteiger partial charge in [-0.05, 0) is 17.7 Å². The van der Waals surface area contributed by atoms with E-state index in [4.69, 9.17) is 15.3 Å². The first kappa shape index (κ1) is 11.2. The number of fused-ring (bicyclic) bond motifs is 1. The van der Waals surface area contributed by atoms with E-state index in [0.29, 0.717) is 0 Å². The minimum atomic E-state index is -0.347. The van der Waals surface area contributed by atoms with Gasteiger partial charge in [-0.2, -0.15) is 0 Å². The molecule has 0 fully saturated rings. The summed E-state index contributed by atoms with van der Waals surface area (Å²) in [5.74, 6) is 6.06. The maximum Gasteiger partial charge on any atom is 0.257 e. The molecule has 0 aromatic heterocycles. The van der Waals surface area contributed by atoms with Gasteiger partial charge >= 0.3 is 0 Å². The average molecular weight is 232 g/mol. The molecule has 1 aliphatic heterocycles. The van der Waals surface area contributed by atoms with Crippen LogP contribution < -0.4 is 20.7 Å². The van der Waals surface area contributed by atoms with Gasteiger partial charge in [0.25, 0.3) is 5.91 Å². The summed E-state index contributed by atoms with van der Waals surface area (Å²) in [7, 11) is 0. The molecule has 3 N–H and O–H groups in total. The fourth-order valence-corrected chi connectivity index (χ4v) is 1.37. The molecule has 0 radical (unpaired) electrons. The monoisotopic (exact) mass is 232 g/mol. The number of benzene rings is 1. The predicted molar refractivity (Wildman–Crippen MR) is 63.1 cm³/mol. The third-order valence-corrected chi connectivity index (χ3v) is 2.19. The smallest absolute Gasteiger partial charge is 0.257 e. The quantitative estimate of drug-likeness (QED) is 0.268. The number of nitrogens with two attached hydrogens (primary N) is 1. The Morgan fingerprint density at radius 2 is 2.12 bits per heavy atom. The lowest BCUT2D eigenvalue weighted by Gasteiger charge is -1.96. The first-order chi connectivity index (χ1) is 8.29. The second-order valence-corrected chi connectivity index (χ2v) is 3.34. The molecule has 2 rings (SSSR count). The summed E-state index contributed by atoms with van der Waals surface area (Å²) < 4.78 is 10.4. The number of nitrogens with one attached hydrogen (secondary N) is 1. The summed E-state index contributed by atoms with van der Waals surface area (Å²) in [5, 5.41) is 0. The number of allylic oxidation sites excluding steroid dienone is 2. The lowest BCUT2D eigenvalue weighted by atomic mass is 10.2. The van der Waals surface area contributed by atoms with Crippen molar-refractivity contribution in [2.24, 2.45) is 5.84 Å². The summed E-state index contributed by atoms with van der Waals surface area (Å²) in [4.78, 5) is 10.8. The SMILES string of the molecule is NNC(=O)C=CC=Cc1ccc2c(c1)OCO2. The number of carbonyl (C=O) groups is 1. The van der Waals surface area contributed by atoms with E-state index in [0.717, 1.165) is 17.1 Å². The Bertz CT molecular complexity index is 481. The fraction of sp³-hybridized carbons (Fsp3) is 0.0833. The average Bonchev–Trinajstić information content (AvgIpc) is 2.81. The van der Waals surface area contributed by atoms with Gasteiger partial charge in [-0.15, -0.1) is 0 Å². The molecule has 1 aromatic rings. The third kappa shape index (κ3) is 2.85. The van der Waals surface area contributed by atoms with Crippen LogP contribution in [0.15, 0.2) is 36.4 Å². The standard InChI is InChI=1S/C12H12N2O3/c13-14-12(15)4-2-1-3-9-5-6-10-11(7-9)17-8-16-10/h1-7H,8,13H2,(H,14,15). The van der Waals surface area contributed by atoms with Gasteiger partial charge in [-0.25, -0.2) is 5.84 Å². The summed E-state index contributed by atoms with van der Waals surface area (Å²) in [6, 6.07) is 5.62. The van der Waals surface area contributed by atoms with Crippen LogP contribution in [0.2, 0.25) is 0 Å². The van der Waals surface area contributed by atoms with Crippen LogP contribution in [0.25, 0.3) is 6.08 Å². The van der Waals surface area contributed by atoms with Crippen LogP contribution in [0.4, 0.5) is 0 Å². The van der Waals surface area contributed by atoms with Crippen molar-refractivity contribution in [2.75, 3.05) is 6.79 Å². The van der Waals surface area contributed by atoms with E-state index < -0.39 is 0 Å². The highest BCUT2D eigenvalue weighted by molar-refractivity contribution is 5.87. The van der Waals surface area contributed by atoms with Gasteiger partial charge in [0.05, 0.1) is 0 Å². The third-order valence-electron chi connectivity index (χ3n) is 2.19. The van der Waals surface area contributed by atoms with Crippen molar-refractivity contribution in [3.8, 4) is 11.5 Å². The fourth-order valence-electron chi connectivity index (χ4n) is 1.37. The molecule has 5 heteroatoms. The number of ether oxygens (including phenoxy) is 2. The van der Waals surface area contributed by atoms with Crippen LogP contribution >= 0.6 is 0 Å². The second kappa shape index (κ2) is 5.18. The molecule has 0 unspecified atom stereocenters. The molecule has 88 valence electrons. The second-order valence-electron chi connectivity index (χ2n) is 3.34. The number of hydrogen-bond donors (Lipinski definition) is 2. The molecule has 0 saturated carbocycles. The van der Waals surface area contributed by atoms with E-state index in [1.165, 1.54) is 6.08 Å². The maximum atomic E-state index is 10.8. The van der Waals surface area contributed by atoms with E-state index in [2.05, 4.69) is 0 Å². The zero-order valence-electron chi connectivity index (χ0n) is 9.05. The number of rotatable bonds is 3. The first-order valence-electron chi connectivity index (χ1n) is 5.04. The molecule has 0 spiro atoms. The normalized spacial score (nSPS) is 13.5. The molecule has 5 nitrogen and oxygen atoms in total. The number of carbonyl (C=O) groups excluding carboxylic acids is 1. The van der Waals surface area contributed by atoms with Gasteiger partial charge in [0.2, 0.25) is 6.79 Å². The van der Waals surface area contributed by atoms with Crippen molar-refractivity contribution in [1.82, 2.24) is 5.43 Å². The molecular weight excluding hydrogens is 220 g/mol. The van der Waals surface area contributed by atoms with Gasteiger partial charge in [-0.3, -0.25) is 10.2 Å². The van der Waals surface area contributed by atoms with Gasteiger partial charge in [0.15, 0.2) is 11.5 Å². The Hall–Kier alpha value is -2.27. The van der Waals surface area contributed by atoms with E-state index in [1.807, 2.05) is 29.7 Å². The molecular formula is C12H12N2O3. The number of hydrogen-bond acceptors (Lipinski definition) is 4. The Morgan fingerprint density at radius 3 is 2.94 bits per heavy atom. The molecule has 1 aromatic carbocycles. The minimum Gasteiger partial charge on any atom is -0.454 e. The van der Waals surface area contributed by atoms with Crippen molar-refractivity contribution >= 4 is 12.0 Å². The molecule has 0 bridgehead atoms. The molecule has 1 heterocycles. The van der Waals surface area contributed by atoms with Gasteiger partial charge in [0, 0.05) is 6.08 Å². The summed E-state index contributed by atoms with van der Waals surface area (Å²) in [6.07, 6.45) is 6.53. The summed E-state index contributed by atoms with van der Waals surface area (Å²) in [6.45, 7) is 0.263. The summed E-state index contributed by atoms with van der Waals surface area (Å²) >= 11 is 0. The number of amides is 1. The summed E-state index contributed by atoms with van der Waals surface area (Å²) in [5.41, 5.74) is 2.97. The maximum absolute atomic E-state index is 10.8. The predicted octanol–water partition coefficient (Wildman–Crippen LogP) is 0.975. The Morgan fingerprint density at radius 1 is 1.29 bits per heavy atom. The van der Waals surface area contributed by atoms with Crippen LogP contribution in [-0.4, -0.2) is 12.7 Å². The van der Waals surface area contributed by atoms with Crippen LogP contribution in [-0.2, 0) is 4.79 Å². The van der Waals surface area contributed by atoms with E-state index in [9.17, 15) is 4.79 Å². The van der Waals surface area contributed by atoms with Crippen molar-refractivity contribution in [3.63, 3.8) is 0 Å². The highest BCUT2D eigenvalue weighted by Gasteiger charge is 2.11. The molecule has 0 saturated heterocycles. The van der Waals surface area contributed by atoms with E-state index >= 15 is 0 Å². The van der Waals surface area contributed by atoms with Crippen LogP contribution in [0.1, 0.15) is 5.56 Å². The number of hydrazine groups is 1. The van der Waals surface area contributed by atoms with Crippen molar-refractivity contribution in [3.05, 3.63) is 42.0 Å². The largest absolute Gasteiger partial charge is 0.454 e. The lowest BCUT2D eigenvalue weighted by molar-refractivity contribution is -0.116. The van der Waals surface area contributed by atoms with Crippen molar-refractivity contribution < 1.29 is 14.3 Å². The highest BCUT2D eigenvalue weighted by Crippen LogP contribution is 2.32. The van der Waals surface area contributed by atoms with E-state index in [-0.39, 0.29) is 12.7 Å². The van der Waals surface area contributed by atoms with Gasteiger partial charge in [0.1, 0.15) is 0 Å². The molecule has 0 atom stereocenters. The first-order valence-corrected chi connectivity index (χ1v) is 5.04. The zero-order valence-corrected chi connectivity index (χ0v) is 9.05. The highest BCUT2D eigenvalue weighted by atomic mass is 16.7. The Balaban J connectivity index is 2.02. The van der Waals surface area contributed by atoms with Crippen molar-refractivity contribution in [2.45, 2.75) is 0 Å². The minimum absolute atomic E-state index is 0.263. The van der Waals surface area contributed by atoms with Crippen LogP contribution in [0, 0.1) is 0 Å². The van der Waals surface area contributed by atoms with Crippen molar-refractivity contribution in [1.29, 1.82) is 0 Å². The van der Waals surface area contributed by atoms with Crippen LogP contribution in [0.5, 0.6) is 11.5 Å².